The average molecular weight is 415 g/mol. The molecule has 0 spiro atoms. The molecule has 2 aromatic heterocycles. The lowest BCUT2D eigenvalue weighted by molar-refractivity contribution is 0.0629. The number of nitrogens with zero attached hydrogens (tertiary/aromatic N) is 3. The molecule has 0 aliphatic carbocycles. The van der Waals surface area contributed by atoms with E-state index in [0.717, 1.165) is 54.4 Å². The standard InChI is InChI=1S/C25H26N4O2/c1-16-27-22-7-8-23-25(24(22)28(16)2)31-18(15-30-23)14-29-11-9-17(10-12-29)20-13-26-21-6-4-3-5-19(20)21/h3-9,13,18,26H,10-12,14-15H2,1-2H3. The lowest BCUT2D eigenvalue weighted by atomic mass is 9.99. The summed E-state index contributed by atoms with van der Waals surface area (Å²) in [4.78, 5) is 10.5. The van der Waals surface area contributed by atoms with E-state index < -0.39 is 0 Å². The highest BCUT2D eigenvalue weighted by Gasteiger charge is 2.27. The van der Waals surface area contributed by atoms with E-state index in [9.17, 15) is 0 Å². The van der Waals surface area contributed by atoms with Crippen LogP contribution in [-0.2, 0) is 7.05 Å². The van der Waals surface area contributed by atoms with Gasteiger partial charge in [-0.15, -0.1) is 0 Å². The summed E-state index contributed by atoms with van der Waals surface area (Å²) in [6.07, 6.45) is 5.55. The first kappa shape index (κ1) is 18.5. The Kier molecular flexibility index (Phi) is 4.28. The van der Waals surface area contributed by atoms with Crippen molar-refractivity contribution >= 4 is 27.5 Å². The number of para-hydroxylation sites is 1. The van der Waals surface area contributed by atoms with Gasteiger partial charge in [0.25, 0.3) is 0 Å². The minimum atomic E-state index is 0.0105. The number of aromatic nitrogens is 3. The predicted molar refractivity (Wildman–Crippen MR) is 123 cm³/mol. The van der Waals surface area contributed by atoms with E-state index >= 15 is 0 Å². The Morgan fingerprint density at radius 3 is 2.97 bits per heavy atom. The van der Waals surface area contributed by atoms with Gasteiger partial charge in [-0.1, -0.05) is 24.3 Å². The fourth-order valence-electron chi connectivity index (χ4n) is 4.82. The Balaban J connectivity index is 1.18. The first-order chi connectivity index (χ1) is 15.2. The van der Waals surface area contributed by atoms with Crippen molar-refractivity contribution in [1.82, 2.24) is 19.4 Å². The normalized spacial score (nSPS) is 19.2. The zero-order valence-corrected chi connectivity index (χ0v) is 17.9. The van der Waals surface area contributed by atoms with Gasteiger partial charge in [-0.25, -0.2) is 4.98 Å². The molecule has 6 nitrogen and oxygen atoms in total. The molecular weight excluding hydrogens is 388 g/mol. The Bertz CT molecular complexity index is 1320. The molecule has 2 aliphatic rings. The molecule has 1 N–H and O–H groups in total. The van der Waals surface area contributed by atoms with Crippen molar-refractivity contribution in [2.75, 3.05) is 26.2 Å². The number of ether oxygens (including phenoxy) is 2. The zero-order valence-electron chi connectivity index (χ0n) is 17.9. The van der Waals surface area contributed by atoms with Gasteiger partial charge < -0.3 is 19.0 Å². The number of aryl methyl sites for hydroxylation is 2. The maximum Gasteiger partial charge on any atom is 0.187 e. The van der Waals surface area contributed by atoms with E-state index in [1.165, 1.54) is 22.0 Å². The van der Waals surface area contributed by atoms with Crippen molar-refractivity contribution in [3.05, 3.63) is 60.1 Å². The lowest BCUT2D eigenvalue weighted by Gasteiger charge is -2.33. The summed E-state index contributed by atoms with van der Waals surface area (Å²) in [5.74, 6) is 2.61. The van der Waals surface area contributed by atoms with Crippen molar-refractivity contribution in [2.24, 2.45) is 7.05 Å². The molecule has 1 unspecified atom stereocenters. The number of aromatic amines is 1. The summed E-state index contributed by atoms with van der Waals surface area (Å²) < 4.78 is 14.6. The minimum Gasteiger partial charge on any atom is -0.486 e. The average Bonchev–Trinajstić information content (AvgIpc) is 3.35. The molecule has 4 heterocycles. The summed E-state index contributed by atoms with van der Waals surface area (Å²) in [5.41, 5.74) is 5.92. The third kappa shape index (κ3) is 3.10. The van der Waals surface area contributed by atoms with Crippen molar-refractivity contribution in [3.8, 4) is 11.5 Å². The molecule has 2 aromatic carbocycles. The van der Waals surface area contributed by atoms with Crippen LogP contribution in [0.5, 0.6) is 11.5 Å². The van der Waals surface area contributed by atoms with Gasteiger partial charge in [0.05, 0.1) is 5.52 Å². The number of rotatable bonds is 3. The Morgan fingerprint density at radius 2 is 2.10 bits per heavy atom. The molecule has 158 valence electrons. The Labute approximate surface area is 181 Å². The molecule has 4 aromatic rings. The molecule has 31 heavy (non-hydrogen) atoms. The highest BCUT2D eigenvalue weighted by atomic mass is 16.6. The smallest absolute Gasteiger partial charge is 0.187 e. The molecule has 6 rings (SSSR count). The van der Waals surface area contributed by atoms with Gasteiger partial charge in [-0.3, -0.25) is 4.90 Å². The second kappa shape index (κ2) is 7.17. The summed E-state index contributed by atoms with van der Waals surface area (Å²) in [7, 11) is 2.03. The van der Waals surface area contributed by atoms with Crippen LogP contribution in [0.2, 0.25) is 0 Å². The van der Waals surface area contributed by atoms with E-state index in [-0.39, 0.29) is 6.10 Å². The zero-order chi connectivity index (χ0) is 20.9. The number of imidazole rings is 1. The molecule has 6 heteroatoms. The molecule has 0 saturated carbocycles. The number of fused-ring (bicyclic) bond motifs is 4. The van der Waals surface area contributed by atoms with E-state index in [0.29, 0.717) is 6.61 Å². The fourth-order valence-corrected chi connectivity index (χ4v) is 4.82. The molecule has 0 amide bonds. The van der Waals surface area contributed by atoms with Crippen LogP contribution in [0.15, 0.2) is 48.7 Å². The van der Waals surface area contributed by atoms with Gasteiger partial charge in [0.2, 0.25) is 0 Å². The highest BCUT2D eigenvalue weighted by Crippen LogP contribution is 2.39. The maximum absolute atomic E-state index is 6.45. The summed E-state index contributed by atoms with van der Waals surface area (Å²) >= 11 is 0. The van der Waals surface area contributed by atoms with Crippen molar-refractivity contribution in [2.45, 2.75) is 19.4 Å². The third-order valence-electron chi connectivity index (χ3n) is 6.58. The molecule has 2 aliphatic heterocycles. The van der Waals surface area contributed by atoms with Crippen molar-refractivity contribution < 1.29 is 9.47 Å². The van der Waals surface area contributed by atoms with Crippen LogP contribution < -0.4 is 9.47 Å². The number of H-pyrrole nitrogens is 1. The van der Waals surface area contributed by atoms with Gasteiger partial charge in [0.1, 0.15) is 24.1 Å². The highest BCUT2D eigenvalue weighted by molar-refractivity contribution is 5.92. The van der Waals surface area contributed by atoms with Gasteiger partial charge in [0.15, 0.2) is 11.5 Å². The Hall–Kier alpha value is -3.25. The van der Waals surface area contributed by atoms with Crippen LogP contribution in [0.1, 0.15) is 17.8 Å². The minimum absolute atomic E-state index is 0.0105. The first-order valence-corrected chi connectivity index (χ1v) is 10.9. The fraction of sp³-hybridized carbons (Fsp3) is 0.320. The third-order valence-corrected chi connectivity index (χ3v) is 6.58. The van der Waals surface area contributed by atoms with Crippen LogP contribution in [0.4, 0.5) is 0 Å². The number of hydrogen-bond acceptors (Lipinski definition) is 4. The number of nitrogens with one attached hydrogen (secondary N) is 1. The maximum atomic E-state index is 6.45. The summed E-state index contributed by atoms with van der Waals surface area (Å²) in [6, 6.07) is 12.5. The monoisotopic (exact) mass is 414 g/mol. The van der Waals surface area contributed by atoms with E-state index in [2.05, 4.69) is 56.0 Å². The van der Waals surface area contributed by atoms with Crippen molar-refractivity contribution in [1.29, 1.82) is 0 Å². The molecule has 1 atom stereocenters. The predicted octanol–water partition coefficient (Wildman–Crippen LogP) is 4.29. The first-order valence-electron chi connectivity index (χ1n) is 10.9. The van der Waals surface area contributed by atoms with Crippen LogP contribution in [0, 0.1) is 6.92 Å². The van der Waals surface area contributed by atoms with Crippen molar-refractivity contribution in [3.63, 3.8) is 0 Å². The molecular formula is C25H26N4O2. The molecule has 0 fully saturated rings. The Morgan fingerprint density at radius 1 is 1.19 bits per heavy atom. The van der Waals surface area contributed by atoms with Gasteiger partial charge in [0, 0.05) is 49.3 Å². The van der Waals surface area contributed by atoms with Gasteiger partial charge in [-0.2, -0.15) is 0 Å². The topological polar surface area (TPSA) is 55.3 Å². The van der Waals surface area contributed by atoms with E-state index in [4.69, 9.17) is 9.47 Å². The van der Waals surface area contributed by atoms with Gasteiger partial charge in [-0.05, 0) is 37.1 Å². The summed E-state index contributed by atoms with van der Waals surface area (Å²) in [6.45, 7) is 5.39. The van der Waals surface area contributed by atoms with Crippen LogP contribution in [0.25, 0.3) is 27.5 Å². The SMILES string of the molecule is Cc1nc2ccc3c(c2n1C)OC(CN1CC=C(c2c[nH]c4ccccc24)CC1)CO3. The molecule has 0 radical (unpaired) electrons. The second-order valence-electron chi connectivity index (χ2n) is 8.52. The van der Waals surface area contributed by atoms with E-state index in [1.807, 2.05) is 26.1 Å². The number of benzene rings is 2. The quantitative estimate of drug-likeness (QED) is 0.543. The second-order valence-corrected chi connectivity index (χ2v) is 8.52. The van der Waals surface area contributed by atoms with Crippen LogP contribution in [0.3, 0.4) is 0 Å². The van der Waals surface area contributed by atoms with Crippen LogP contribution in [-0.4, -0.2) is 51.8 Å². The molecule has 0 saturated heterocycles. The van der Waals surface area contributed by atoms with Crippen LogP contribution >= 0.6 is 0 Å². The van der Waals surface area contributed by atoms with E-state index in [1.54, 1.807) is 0 Å². The number of hydrogen-bond donors (Lipinski definition) is 1. The largest absolute Gasteiger partial charge is 0.486 e. The van der Waals surface area contributed by atoms with Gasteiger partial charge >= 0.3 is 0 Å². The molecule has 0 bridgehead atoms. The lowest BCUT2D eigenvalue weighted by Crippen LogP contribution is -2.42. The summed E-state index contributed by atoms with van der Waals surface area (Å²) in [5, 5.41) is 1.30.